The van der Waals surface area contributed by atoms with E-state index in [1.807, 2.05) is 0 Å². The van der Waals surface area contributed by atoms with Crippen molar-refractivity contribution in [3.63, 3.8) is 0 Å². The van der Waals surface area contributed by atoms with Crippen molar-refractivity contribution in [3.8, 4) is 0 Å². The molecule has 0 bridgehead atoms. The molecular formula is C17H22N2O6S. The molecule has 8 nitrogen and oxygen atoms in total. The largest absolute Gasteiger partial charge is 0.618 e. The molecule has 2 fully saturated rings. The van der Waals surface area contributed by atoms with Gasteiger partial charge >= 0.3 is 11.7 Å². The molecule has 1 aliphatic carbocycles. The standard InChI is InChI=1S/C17H22N2O6S/c20-16(11-25-17(21)15-7-3-4-9-18(15)22)19(13-5-1-2-6-13)14-8-10-26(23,24)12-14/h3-4,7,9,13-14H,1-2,5-6,8,10-12H2/t14-/m1/s1. The Labute approximate surface area is 152 Å². The second-order valence-corrected chi connectivity index (χ2v) is 9.01. The number of aromatic nitrogens is 1. The van der Waals surface area contributed by atoms with Crippen LogP contribution in [0.3, 0.4) is 0 Å². The molecule has 0 aromatic carbocycles. The number of ether oxygens (including phenoxy) is 1. The average molecular weight is 382 g/mol. The predicted octanol–water partition coefficient (Wildman–Crippen LogP) is 0.435. The zero-order valence-corrected chi connectivity index (χ0v) is 15.2. The predicted molar refractivity (Wildman–Crippen MR) is 91.8 cm³/mol. The quantitative estimate of drug-likeness (QED) is 0.415. The molecule has 1 saturated heterocycles. The molecule has 1 amide bonds. The number of pyridine rings is 1. The van der Waals surface area contributed by atoms with Crippen molar-refractivity contribution in [2.75, 3.05) is 18.1 Å². The number of hydrogen-bond acceptors (Lipinski definition) is 6. The molecule has 0 radical (unpaired) electrons. The van der Waals surface area contributed by atoms with Crippen LogP contribution in [-0.2, 0) is 19.4 Å². The first-order chi connectivity index (χ1) is 12.4. The molecule has 1 aromatic rings. The summed E-state index contributed by atoms with van der Waals surface area (Å²) in [6.07, 6.45) is 5.23. The first-order valence-electron chi connectivity index (χ1n) is 8.74. The van der Waals surface area contributed by atoms with Crippen molar-refractivity contribution in [1.82, 2.24) is 4.90 Å². The SMILES string of the molecule is O=C(OCC(=O)N(C1CCCC1)[C@@H]1CCS(=O)(=O)C1)c1cccc[n+]1[O-]. The summed E-state index contributed by atoms with van der Waals surface area (Å²) in [5.41, 5.74) is -0.198. The van der Waals surface area contributed by atoms with Gasteiger partial charge in [0.2, 0.25) is 0 Å². The van der Waals surface area contributed by atoms with Crippen molar-refractivity contribution >= 4 is 21.7 Å². The normalized spacial score (nSPS) is 22.2. The Kier molecular flexibility index (Phi) is 5.45. The van der Waals surface area contributed by atoms with Gasteiger partial charge in [-0.05, 0) is 25.3 Å². The highest BCUT2D eigenvalue weighted by atomic mass is 32.2. The summed E-state index contributed by atoms with van der Waals surface area (Å²) in [5.74, 6) is -1.24. The molecule has 1 saturated carbocycles. The van der Waals surface area contributed by atoms with E-state index in [0.29, 0.717) is 11.2 Å². The van der Waals surface area contributed by atoms with Crippen LogP contribution in [-0.4, -0.2) is 55.4 Å². The van der Waals surface area contributed by atoms with Crippen LogP contribution in [0.2, 0.25) is 0 Å². The van der Waals surface area contributed by atoms with Crippen LogP contribution in [0, 0.1) is 5.21 Å². The van der Waals surface area contributed by atoms with Crippen molar-refractivity contribution in [3.05, 3.63) is 35.3 Å². The Hall–Kier alpha value is -2.16. The van der Waals surface area contributed by atoms with Crippen LogP contribution < -0.4 is 4.73 Å². The van der Waals surface area contributed by atoms with Crippen LogP contribution in [0.5, 0.6) is 0 Å². The number of esters is 1. The zero-order valence-electron chi connectivity index (χ0n) is 14.4. The van der Waals surface area contributed by atoms with E-state index in [-0.39, 0.29) is 29.3 Å². The van der Waals surface area contributed by atoms with Crippen molar-refractivity contribution in [1.29, 1.82) is 0 Å². The summed E-state index contributed by atoms with van der Waals surface area (Å²) in [6, 6.07) is 3.95. The van der Waals surface area contributed by atoms with E-state index < -0.39 is 28.3 Å². The van der Waals surface area contributed by atoms with Crippen molar-refractivity contribution in [2.24, 2.45) is 0 Å². The lowest BCUT2D eigenvalue weighted by Gasteiger charge is -2.33. The van der Waals surface area contributed by atoms with Gasteiger partial charge in [0.25, 0.3) is 5.91 Å². The Balaban J connectivity index is 1.68. The molecule has 1 aromatic heterocycles. The second kappa shape index (κ2) is 7.61. The summed E-state index contributed by atoms with van der Waals surface area (Å²) >= 11 is 0. The highest BCUT2D eigenvalue weighted by Crippen LogP contribution is 2.29. The van der Waals surface area contributed by atoms with Gasteiger partial charge in [-0.3, -0.25) is 4.79 Å². The molecule has 142 valence electrons. The van der Waals surface area contributed by atoms with Gasteiger partial charge in [0.15, 0.2) is 22.6 Å². The van der Waals surface area contributed by atoms with Gasteiger partial charge in [0.1, 0.15) is 0 Å². The van der Waals surface area contributed by atoms with E-state index in [9.17, 15) is 23.2 Å². The number of nitrogens with zero attached hydrogens (tertiary/aromatic N) is 2. The number of rotatable bonds is 5. The summed E-state index contributed by atoms with van der Waals surface area (Å²) < 4.78 is 29.0. The van der Waals surface area contributed by atoms with Gasteiger partial charge in [-0.2, -0.15) is 4.73 Å². The fourth-order valence-electron chi connectivity index (χ4n) is 3.74. The fourth-order valence-corrected chi connectivity index (χ4v) is 5.46. The van der Waals surface area contributed by atoms with Gasteiger partial charge < -0.3 is 14.8 Å². The van der Waals surface area contributed by atoms with Gasteiger partial charge in [0, 0.05) is 24.2 Å². The third-order valence-electron chi connectivity index (χ3n) is 4.97. The Morgan fingerprint density at radius 2 is 1.92 bits per heavy atom. The van der Waals surface area contributed by atoms with E-state index in [1.165, 1.54) is 24.4 Å². The lowest BCUT2D eigenvalue weighted by atomic mass is 10.1. The number of carbonyl (C=O) groups is 2. The van der Waals surface area contributed by atoms with Crippen LogP contribution in [0.25, 0.3) is 0 Å². The third-order valence-corrected chi connectivity index (χ3v) is 6.72. The van der Waals surface area contributed by atoms with Gasteiger partial charge in [-0.15, -0.1) is 0 Å². The van der Waals surface area contributed by atoms with Gasteiger partial charge in [-0.25, -0.2) is 13.2 Å². The molecule has 3 rings (SSSR count). The maximum Gasteiger partial charge on any atom is 0.405 e. The number of carbonyl (C=O) groups excluding carboxylic acids is 2. The third kappa shape index (κ3) is 4.14. The van der Waals surface area contributed by atoms with Crippen LogP contribution in [0.15, 0.2) is 24.4 Å². The fraction of sp³-hybridized carbons (Fsp3) is 0.588. The highest BCUT2D eigenvalue weighted by molar-refractivity contribution is 7.91. The van der Waals surface area contributed by atoms with E-state index in [0.717, 1.165) is 25.7 Å². The molecule has 1 aliphatic heterocycles. The van der Waals surface area contributed by atoms with Crippen LogP contribution in [0.1, 0.15) is 42.6 Å². The molecule has 26 heavy (non-hydrogen) atoms. The average Bonchev–Trinajstić information content (AvgIpc) is 3.23. The molecule has 2 heterocycles. The minimum Gasteiger partial charge on any atom is -0.618 e. The lowest BCUT2D eigenvalue weighted by Crippen LogP contribution is -2.48. The molecule has 0 spiro atoms. The van der Waals surface area contributed by atoms with Crippen molar-refractivity contribution in [2.45, 2.75) is 44.2 Å². The summed E-state index contributed by atoms with van der Waals surface area (Å²) in [7, 11) is -3.13. The molecule has 2 aliphatic rings. The summed E-state index contributed by atoms with van der Waals surface area (Å²) in [5, 5.41) is 11.6. The van der Waals surface area contributed by atoms with E-state index >= 15 is 0 Å². The smallest absolute Gasteiger partial charge is 0.405 e. The number of sulfone groups is 1. The topological polar surface area (TPSA) is 108 Å². The highest BCUT2D eigenvalue weighted by Gasteiger charge is 2.39. The molecule has 0 N–H and O–H groups in total. The van der Waals surface area contributed by atoms with Gasteiger partial charge in [0.05, 0.1) is 11.5 Å². The molecule has 9 heteroatoms. The molecule has 1 atom stereocenters. The van der Waals surface area contributed by atoms with Crippen LogP contribution >= 0.6 is 0 Å². The number of hydrogen-bond donors (Lipinski definition) is 0. The minimum atomic E-state index is -3.13. The maximum absolute atomic E-state index is 12.7. The van der Waals surface area contributed by atoms with Gasteiger partial charge in [-0.1, -0.05) is 12.8 Å². The number of amides is 1. The maximum atomic E-state index is 12.7. The van der Waals surface area contributed by atoms with Crippen molar-refractivity contribution < 1.29 is 27.5 Å². The van der Waals surface area contributed by atoms with E-state index in [1.54, 1.807) is 4.90 Å². The minimum absolute atomic E-state index is 0.0133. The van der Waals surface area contributed by atoms with E-state index in [4.69, 9.17) is 4.74 Å². The Morgan fingerprint density at radius 3 is 2.54 bits per heavy atom. The van der Waals surface area contributed by atoms with Crippen LogP contribution in [0.4, 0.5) is 0 Å². The summed E-state index contributed by atoms with van der Waals surface area (Å²) in [4.78, 5) is 26.4. The Morgan fingerprint density at radius 1 is 1.19 bits per heavy atom. The zero-order chi connectivity index (χ0) is 18.7. The second-order valence-electron chi connectivity index (χ2n) is 6.78. The molecule has 0 unspecified atom stereocenters. The summed E-state index contributed by atoms with van der Waals surface area (Å²) in [6.45, 7) is -0.499. The Bertz CT molecular complexity index is 788. The van der Waals surface area contributed by atoms with E-state index in [2.05, 4.69) is 0 Å². The first kappa shape index (κ1) is 18.6. The first-order valence-corrected chi connectivity index (χ1v) is 10.6. The molecular weight excluding hydrogens is 360 g/mol. The lowest BCUT2D eigenvalue weighted by molar-refractivity contribution is -0.608. The monoisotopic (exact) mass is 382 g/mol.